The zero-order valence-corrected chi connectivity index (χ0v) is 14.2. The molecular weight excluding hydrogens is 288 g/mol. The van der Waals surface area contributed by atoms with Gasteiger partial charge in [0.25, 0.3) is 0 Å². The van der Waals surface area contributed by atoms with Gasteiger partial charge in [0.05, 0.1) is 11.1 Å². The molecule has 3 N–H and O–H groups in total. The van der Waals surface area contributed by atoms with Gasteiger partial charge in [-0.15, -0.1) is 0 Å². The molecule has 0 saturated carbocycles. The van der Waals surface area contributed by atoms with Gasteiger partial charge in [0.1, 0.15) is 5.60 Å². The van der Waals surface area contributed by atoms with E-state index in [1.807, 2.05) is 32.5 Å². The molecule has 0 spiro atoms. The van der Waals surface area contributed by atoms with Gasteiger partial charge in [0.15, 0.2) is 0 Å². The van der Waals surface area contributed by atoms with Gasteiger partial charge in [0.2, 0.25) is 0 Å². The second-order valence-electron chi connectivity index (χ2n) is 7.31. The zero-order valence-electron chi connectivity index (χ0n) is 13.4. The van der Waals surface area contributed by atoms with Crippen molar-refractivity contribution in [1.82, 2.24) is 4.90 Å². The van der Waals surface area contributed by atoms with Crippen molar-refractivity contribution in [2.24, 2.45) is 5.73 Å². The van der Waals surface area contributed by atoms with Crippen LogP contribution in [0.5, 0.6) is 0 Å². The Morgan fingerprint density at radius 2 is 1.90 bits per heavy atom. The smallest absolute Gasteiger partial charge is 0.410 e. The first kappa shape index (κ1) is 16.9. The molecule has 0 radical (unpaired) electrons. The summed E-state index contributed by atoms with van der Waals surface area (Å²) in [4.78, 5) is 13.9. The third-order valence-electron chi connectivity index (χ3n) is 4.42. The molecule has 1 unspecified atom stereocenters. The second-order valence-corrected chi connectivity index (χ2v) is 8.53. The van der Waals surface area contributed by atoms with Gasteiger partial charge in [-0.1, -0.05) is 0 Å². The van der Waals surface area contributed by atoms with Crippen LogP contribution in [0.25, 0.3) is 0 Å². The molecule has 2 fully saturated rings. The Morgan fingerprint density at radius 1 is 1.29 bits per heavy atom. The number of ether oxygens (including phenoxy) is 1. The summed E-state index contributed by atoms with van der Waals surface area (Å²) < 4.78 is 5.44. The Bertz CT molecular complexity index is 391. The number of thioether (sulfide) groups is 1. The fourth-order valence-electron chi connectivity index (χ4n) is 3.15. The van der Waals surface area contributed by atoms with E-state index in [9.17, 15) is 9.90 Å². The van der Waals surface area contributed by atoms with E-state index in [4.69, 9.17) is 10.5 Å². The minimum absolute atomic E-state index is 0.328. The van der Waals surface area contributed by atoms with Crippen molar-refractivity contribution < 1.29 is 14.6 Å². The van der Waals surface area contributed by atoms with Gasteiger partial charge in [-0.05, 0) is 58.0 Å². The summed E-state index contributed by atoms with van der Waals surface area (Å²) in [6, 6.07) is 0. The van der Waals surface area contributed by atoms with Crippen molar-refractivity contribution in [3.8, 4) is 0 Å². The number of carbonyl (C=O) groups excluding carboxylic acids is 1. The Balaban J connectivity index is 2.07. The fraction of sp³-hybridized carbons (Fsp3) is 0.933. The quantitative estimate of drug-likeness (QED) is 0.773. The summed E-state index contributed by atoms with van der Waals surface area (Å²) >= 11 is 1.85. The lowest BCUT2D eigenvalue weighted by Crippen LogP contribution is -2.69. The lowest BCUT2D eigenvalue weighted by atomic mass is 9.71. The number of amides is 1. The average Bonchev–Trinajstić information content (AvgIpc) is 2.37. The Kier molecular flexibility index (Phi) is 4.81. The summed E-state index contributed by atoms with van der Waals surface area (Å²) in [6.45, 7) is 6.60. The molecule has 2 saturated heterocycles. The molecule has 21 heavy (non-hydrogen) atoms. The first-order valence-electron chi connectivity index (χ1n) is 7.72. The molecular formula is C15H28N2O3S. The molecule has 0 aromatic carbocycles. The SMILES string of the molecule is CC(C)(C)OC(=O)N1CCCC(N)(C2(O)CCSCC2)C1. The number of hydrogen-bond donors (Lipinski definition) is 2. The van der Waals surface area contributed by atoms with E-state index >= 15 is 0 Å². The third kappa shape index (κ3) is 3.85. The van der Waals surface area contributed by atoms with Crippen molar-refractivity contribution in [2.75, 3.05) is 24.6 Å². The number of likely N-dealkylation sites (tertiary alicyclic amines) is 1. The summed E-state index contributed by atoms with van der Waals surface area (Å²) in [6.07, 6.45) is 2.65. The van der Waals surface area contributed by atoms with E-state index in [2.05, 4.69) is 0 Å². The Morgan fingerprint density at radius 3 is 2.48 bits per heavy atom. The highest BCUT2D eigenvalue weighted by Gasteiger charge is 2.51. The van der Waals surface area contributed by atoms with Gasteiger partial charge in [0, 0.05) is 13.1 Å². The number of aliphatic hydroxyl groups is 1. The average molecular weight is 316 g/mol. The molecule has 0 aromatic rings. The van der Waals surface area contributed by atoms with Gasteiger partial charge < -0.3 is 20.5 Å². The van der Waals surface area contributed by atoms with Crippen LogP contribution in [0, 0.1) is 0 Å². The predicted octanol–water partition coefficient (Wildman–Crippen LogP) is 1.97. The van der Waals surface area contributed by atoms with Gasteiger partial charge in [-0.25, -0.2) is 4.79 Å². The molecule has 122 valence electrons. The van der Waals surface area contributed by atoms with Crippen LogP contribution in [-0.4, -0.2) is 57.4 Å². The van der Waals surface area contributed by atoms with Crippen LogP contribution in [0.4, 0.5) is 4.79 Å². The number of piperidine rings is 1. The van der Waals surface area contributed by atoms with Crippen LogP contribution in [0.15, 0.2) is 0 Å². The molecule has 0 bridgehead atoms. The van der Waals surface area contributed by atoms with E-state index in [1.54, 1.807) is 4.90 Å². The van der Waals surface area contributed by atoms with Crippen LogP contribution in [-0.2, 0) is 4.74 Å². The standard InChI is InChI=1S/C15H28N2O3S/c1-13(2,3)20-12(18)17-8-4-5-14(16,11-17)15(19)6-9-21-10-7-15/h19H,4-11,16H2,1-3H3. The monoisotopic (exact) mass is 316 g/mol. The molecule has 6 heteroatoms. The summed E-state index contributed by atoms with van der Waals surface area (Å²) in [5, 5.41) is 11.0. The maximum absolute atomic E-state index is 12.3. The van der Waals surface area contributed by atoms with E-state index in [-0.39, 0.29) is 6.09 Å². The van der Waals surface area contributed by atoms with Gasteiger partial charge in [-0.3, -0.25) is 0 Å². The molecule has 2 rings (SSSR count). The zero-order chi connectivity index (χ0) is 15.7. The van der Waals surface area contributed by atoms with E-state index in [0.29, 0.717) is 25.9 Å². The van der Waals surface area contributed by atoms with Crippen LogP contribution < -0.4 is 5.73 Å². The van der Waals surface area contributed by atoms with E-state index in [1.165, 1.54) is 0 Å². The predicted molar refractivity (Wildman–Crippen MR) is 85.5 cm³/mol. The lowest BCUT2D eigenvalue weighted by Gasteiger charge is -2.51. The van der Waals surface area contributed by atoms with Crippen molar-refractivity contribution in [1.29, 1.82) is 0 Å². The molecule has 5 nitrogen and oxygen atoms in total. The highest BCUT2D eigenvalue weighted by molar-refractivity contribution is 7.99. The second kappa shape index (κ2) is 5.97. The normalized spacial score (nSPS) is 30.0. The maximum atomic E-state index is 12.3. The largest absolute Gasteiger partial charge is 0.444 e. The summed E-state index contributed by atoms with van der Waals surface area (Å²) in [7, 11) is 0. The molecule has 2 aliphatic rings. The van der Waals surface area contributed by atoms with Crippen LogP contribution in [0.3, 0.4) is 0 Å². The number of nitrogens with two attached hydrogens (primary N) is 1. The Labute approximate surface area is 131 Å². The van der Waals surface area contributed by atoms with Crippen molar-refractivity contribution in [3.63, 3.8) is 0 Å². The maximum Gasteiger partial charge on any atom is 0.410 e. The van der Waals surface area contributed by atoms with Crippen molar-refractivity contribution in [2.45, 2.75) is 63.2 Å². The first-order valence-corrected chi connectivity index (χ1v) is 8.88. The van der Waals surface area contributed by atoms with Crippen molar-refractivity contribution >= 4 is 17.9 Å². The molecule has 1 atom stereocenters. The number of carbonyl (C=O) groups is 1. The third-order valence-corrected chi connectivity index (χ3v) is 5.41. The van der Waals surface area contributed by atoms with Gasteiger partial charge in [-0.2, -0.15) is 11.8 Å². The molecule has 0 aliphatic carbocycles. The number of rotatable bonds is 1. The fourth-order valence-corrected chi connectivity index (χ4v) is 4.32. The van der Waals surface area contributed by atoms with Crippen LogP contribution in [0.2, 0.25) is 0 Å². The minimum atomic E-state index is -0.862. The van der Waals surface area contributed by atoms with Gasteiger partial charge >= 0.3 is 6.09 Å². The lowest BCUT2D eigenvalue weighted by molar-refractivity contribution is -0.0731. The van der Waals surface area contributed by atoms with Crippen LogP contribution in [0.1, 0.15) is 46.5 Å². The molecule has 2 heterocycles. The van der Waals surface area contributed by atoms with Crippen molar-refractivity contribution in [3.05, 3.63) is 0 Å². The molecule has 1 amide bonds. The molecule has 0 aromatic heterocycles. The van der Waals surface area contributed by atoms with E-state index < -0.39 is 16.7 Å². The molecule has 2 aliphatic heterocycles. The highest BCUT2D eigenvalue weighted by atomic mass is 32.2. The Hall–Kier alpha value is -0.460. The number of nitrogens with zero attached hydrogens (tertiary/aromatic N) is 1. The van der Waals surface area contributed by atoms with E-state index in [0.717, 1.165) is 24.3 Å². The minimum Gasteiger partial charge on any atom is -0.444 e. The van der Waals surface area contributed by atoms with Crippen LogP contribution >= 0.6 is 11.8 Å². The topological polar surface area (TPSA) is 75.8 Å². The number of hydrogen-bond acceptors (Lipinski definition) is 5. The first-order chi connectivity index (χ1) is 9.65. The summed E-state index contributed by atoms with van der Waals surface area (Å²) in [5.41, 5.74) is 4.46. The summed E-state index contributed by atoms with van der Waals surface area (Å²) in [5.74, 6) is 1.86. The highest BCUT2D eigenvalue weighted by Crippen LogP contribution is 2.39.